The fourth-order valence-electron chi connectivity index (χ4n) is 4.92. The number of phenolic OH excluding ortho intramolecular Hbond substituents is 1. The molecule has 1 aliphatic heterocycles. The van der Waals surface area contributed by atoms with Gasteiger partial charge < -0.3 is 24.1 Å². The number of carbonyl (C=O) groups excluding carboxylic acids is 1. The quantitative estimate of drug-likeness (QED) is 0.344. The SMILES string of the molecule is CCOC(=O)C1=C(C)N=c2sc(=Cc3cccc(OC)c3O)c(=O)n2C1c1c(OC)ccc2ccc(OC)cc12. The molecule has 9 nitrogen and oxygen atoms in total. The molecule has 1 atom stereocenters. The summed E-state index contributed by atoms with van der Waals surface area (Å²) in [4.78, 5) is 32.5. The Bertz CT molecular complexity index is 1850. The topological polar surface area (TPSA) is 109 Å². The van der Waals surface area contributed by atoms with Crippen molar-refractivity contribution in [2.45, 2.75) is 19.9 Å². The highest BCUT2D eigenvalue weighted by Gasteiger charge is 2.36. The highest BCUT2D eigenvalue weighted by atomic mass is 32.1. The van der Waals surface area contributed by atoms with Gasteiger partial charge >= 0.3 is 5.97 Å². The molecular weight excluding hydrogens is 532 g/mol. The number of nitrogens with zero attached hydrogens (tertiary/aromatic N) is 2. The number of esters is 1. The lowest BCUT2D eigenvalue weighted by Crippen LogP contribution is -2.40. The summed E-state index contributed by atoms with van der Waals surface area (Å²) in [5.74, 6) is 0.729. The Morgan fingerprint density at radius 1 is 1.07 bits per heavy atom. The molecule has 0 radical (unpaired) electrons. The molecule has 206 valence electrons. The van der Waals surface area contributed by atoms with Crippen LogP contribution >= 0.6 is 11.3 Å². The number of thiazole rings is 1. The Kier molecular flexibility index (Phi) is 7.36. The second-order valence-electron chi connectivity index (χ2n) is 8.97. The number of fused-ring (bicyclic) bond motifs is 2. The van der Waals surface area contributed by atoms with Gasteiger partial charge in [0.1, 0.15) is 17.5 Å². The first-order valence-electron chi connectivity index (χ1n) is 12.5. The smallest absolute Gasteiger partial charge is 0.338 e. The van der Waals surface area contributed by atoms with E-state index in [1.54, 1.807) is 52.3 Å². The van der Waals surface area contributed by atoms with Crippen LogP contribution in [0.5, 0.6) is 23.0 Å². The third-order valence-corrected chi connectivity index (χ3v) is 7.76. The van der Waals surface area contributed by atoms with Crippen LogP contribution in [0.15, 0.2) is 69.6 Å². The van der Waals surface area contributed by atoms with Crippen molar-refractivity contribution in [1.29, 1.82) is 0 Å². The largest absolute Gasteiger partial charge is 0.504 e. The molecule has 1 unspecified atom stereocenters. The first kappa shape index (κ1) is 27.0. The average Bonchev–Trinajstić information content (AvgIpc) is 3.26. The van der Waals surface area contributed by atoms with E-state index in [9.17, 15) is 14.7 Å². The number of para-hydroxylation sites is 1. The average molecular weight is 561 g/mol. The summed E-state index contributed by atoms with van der Waals surface area (Å²) in [7, 11) is 4.58. The fourth-order valence-corrected chi connectivity index (χ4v) is 5.95. The Morgan fingerprint density at radius 3 is 2.52 bits per heavy atom. The van der Waals surface area contributed by atoms with Gasteiger partial charge in [0.25, 0.3) is 5.56 Å². The van der Waals surface area contributed by atoms with Crippen LogP contribution < -0.4 is 29.1 Å². The summed E-state index contributed by atoms with van der Waals surface area (Å²) in [5, 5.41) is 12.3. The maximum Gasteiger partial charge on any atom is 0.338 e. The maximum atomic E-state index is 14.1. The van der Waals surface area contributed by atoms with Crippen molar-refractivity contribution >= 4 is 34.2 Å². The van der Waals surface area contributed by atoms with Gasteiger partial charge in [-0.1, -0.05) is 35.6 Å². The monoisotopic (exact) mass is 560 g/mol. The van der Waals surface area contributed by atoms with Crippen molar-refractivity contribution in [2.24, 2.45) is 4.99 Å². The summed E-state index contributed by atoms with van der Waals surface area (Å²) >= 11 is 1.16. The number of allylic oxidation sites excluding steroid dienone is 1. The predicted octanol–water partition coefficient (Wildman–Crippen LogP) is 3.68. The molecule has 1 aliphatic rings. The Labute approximate surface area is 233 Å². The van der Waals surface area contributed by atoms with Crippen molar-refractivity contribution in [3.63, 3.8) is 0 Å². The first-order valence-corrected chi connectivity index (χ1v) is 13.3. The molecule has 1 N–H and O–H groups in total. The molecule has 0 saturated carbocycles. The molecule has 0 saturated heterocycles. The Balaban J connectivity index is 1.86. The van der Waals surface area contributed by atoms with Gasteiger partial charge in [-0.25, -0.2) is 9.79 Å². The second kappa shape index (κ2) is 10.9. The van der Waals surface area contributed by atoms with Crippen LogP contribution in [0.4, 0.5) is 0 Å². The molecular formula is C30H28N2O7S. The van der Waals surface area contributed by atoms with Crippen molar-refractivity contribution in [2.75, 3.05) is 27.9 Å². The van der Waals surface area contributed by atoms with Crippen molar-refractivity contribution < 1.29 is 28.8 Å². The maximum absolute atomic E-state index is 14.1. The Hall–Kier alpha value is -4.57. The van der Waals surface area contributed by atoms with Crippen LogP contribution in [0.3, 0.4) is 0 Å². The van der Waals surface area contributed by atoms with Crippen LogP contribution in [-0.2, 0) is 9.53 Å². The summed E-state index contributed by atoms with van der Waals surface area (Å²) in [6.45, 7) is 3.60. The van der Waals surface area contributed by atoms with E-state index in [0.717, 1.165) is 22.1 Å². The molecule has 0 amide bonds. The lowest BCUT2D eigenvalue weighted by Gasteiger charge is -2.27. The molecule has 4 aromatic rings. The van der Waals surface area contributed by atoms with E-state index in [-0.39, 0.29) is 29.2 Å². The minimum atomic E-state index is -0.901. The van der Waals surface area contributed by atoms with Gasteiger partial charge in [-0.3, -0.25) is 9.36 Å². The number of hydrogen-bond donors (Lipinski definition) is 1. The number of methoxy groups -OCH3 is 3. The summed E-state index contributed by atoms with van der Waals surface area (Å²) in [5.41, 5.74) is 1.30. The standard InChI is InChI=1S/C30H28N2O7S/c1-6-39-29(35)24-16(2)31-30-32(28(34)23(40-30)14-18-8-7-9-22(38-5)27(18)33)26(24)25-20-15-19(36-3)12-10-17(20)11-13-21(25)37-4/h7-15,26,33H,6H2,1-5H3. The molecule has 1 aromatic heterocycles. The van der Waals surface area contributed by atoms with Gasteiger partial charge in [-0.05, 0) is 55.0 Å². The number of aromatic hydroxyl groups is 1. The summed E-state index contributed by atoms with van der Waals surface area (Å²) < 4.78 is 23.8. The zero-order chi connectivity index (χ0) is 28.6. The van der Waals surface area contributed by atoms with Gasteiger partial charge in [-0.15, -0.1) is 0 Å². The van der Waals surface area contributed by atoms with Crippen LogP contribution in [0.25, 0.3) is 16.8 Å². The minimum Gasteiger partial charge on any atom is -0.504 e. The molecule has 0 fully saturated rings. The minimum absolute atomic E-state index is 0.0846. The van der Waals surface area contributed by atoms with E-state index < -0.39 is 12.0 Å². The zero-order valence-corrected chi connectivity index (χ0v) is 23.5. The van der Waals surface area contributed by atoms with E-state index in [1.165, 1.54) is 11.7 Å². The van der Waals surface area contributed by atoms with Crippen molar-refractivity contribution in [3.05, 3.63) is 90.6 Å². The highest BCUT2D eigenvalue weighted by molar-refractivity contribution is 7.07. The van der Waals surface area contributed by atoms with E-state index in [0.29, 0.717) is 37.7 Å². The van der Waals surface area contributed by atoms with Gasteiger partial charge in [0.05, 0.1) is 43.7 Å². The number of hydrogen-bond acceptors (Lipinski definition) is 9. The molecule has 2 heterocycles. The van der Waals surface area contributed by atoms with E-state index in [4.69, 9.17) is 18.9 Å². The van der Waals surface area contributed by atoms with Crippen LogP contribution in [0.2, 0.25) is 0 Å². The van der Waals surface area contributed by atoms with Crippen LogP contribution in [0, 0.1) is 0 Å². The van der Waals surface area contributed by atoms with E-state index >= 15 is 0 Å². The van der Waals surface area contributed by atoms with Crippen molar-refractivity contribution in [3.8, 4) is 23.0 Å². The normalized spacial score (nSPS) is 15.0. The number of ether oxygens (including phenoxy) is 4. The third-order valence-electron chi connectivity index (χ3n) is 6.78. The van der Waals surface area contributed by atoms with Gasteiger partial charge in [-0.2, -0.15) is 0 Å². The zero-order valence-electron chi connectivity index (χ0n) is 22.7. The molecule has 40 heavy (non-hydrogen) atoms. The van der Waals surface area contributed by atoms with Gasteiger partial charge in [0.2, 0.25) is 0 Å². The number of carbonyl (C=O) groups is 1. The summed E-state index contributed by atoms with van der Waals surface area (Å²) in [6, 6.07) is 13.5. The van der Waals surface area contributed by atoms with Crippen molar-refractivity contribution in [1.82, 2.24) is 4.57 Å². The predicted molar refractivity (Wildman–Crippen MR) is 152 cm³/mol. The fraction of sp³-hybridized carbons (Fsp3) is 0.233. The number of rotatable bonds is 7. The van der Waals surface area contributed by atoms with Gasteiger partial charge in [0.15, 0.2) is 16.3 Å². The number of aromatic nitrogens is 1. The van der Waals surface area contributed by atoms with E-state index in [2.05, 4.69) is 4.99 Å². The first-order chi connectivity index (χ1) is 19.3. The molecule has 10 heteroatoms. The molecule has 5 rings (SSSR count). The van der Waals surface area contributed by atoms with Gasteiger partial charge in [0, 0.05) is 11.1 Å². The number of phenols is 1. The Morgan fingerprint density at radius 2 is 1.82 bits per heavy atom. The second-order valence-corrected chi connectivity index (χ2v) is 9.98. The van der Waals surface area contributed by atoms with Crippen LogP contribution in [-0.4, -0.2) is 43.6 Å². The highest BCUT2D eigenvalue weighted by Crippen LogP contribution is 2.41. The molecule has 0 aliphatic carbocycles. The molecule has 0 bridgehead atoms. The third kappa shape index (κ3) is 4.50. The molecule has 3 aromatic carbocycles. The lowest BCUT2D eigenvalue weighted by molar-refractivity contribution is -0.139. The summed E-state index contributed by atoms with van der Waals surface area (Å²) in [6.07, 6.45) is 1.59. The van der Waals surface area contributed by atoms with Crippen LogP contribution in [0.1, 0.15) is 31.0 Å². The molecule has 0 spiro atoms. The lowest BCUT2D eigenvalue weighted by atomic mass is 9.90. The number of benzene rings is 3. The van der Waals surface area contributed by atoms with E-state index in [1.807, 2.05) is 30.3 Å².